The second kappa shape index (κ2) is 9.10. The molecule has 4 rings (SSSR count). The van der Waals surface area contributed by atoms with Crippen LogP contribution in [-0.2, 0) is 7.05 Å². The summed E-state index contributed by atoms with van der Waals surface area (Å²) >= 11 is 5.95. The molecule has 1 fully saturated rings. The molecular formula is C24H28ClN5O. The number of nitrogens with zero attached hydrogens (tertiary/aromatic N) is 4. The van der Waals surface area contributed by atoms with E-state index < -0.39 is 0 Å². The van der Waals surface area contributed by atoms with E-state index in [2.05, 4.69) is 22.3 Å². The van der Waals surface area contributed by atoms with Crippen molar-refractivity contribution in [3.8, 4) is 11.1 Å². The Hall–Kier alpha value is -2.86. The van der Waals surface area contributed by atoms with Crippen LogP contribution in [0, 0.1) is 12.8 Å². The monoisotopic (exact) mass is 437 g/mol. The third-order valence-electron chi connectivity index (χ3n) is 6.02. The van der Waals surface area contributed by atoms with Crippen LogP contribution >= 0.6 is 11.6 Å². The number of piperidine rings is 1. The number of aromatic nitrogens is 3. The molecule has 1 aromatic carbocycles. The molecule has 162 valence electrons. The summed E-state index contributed by atoms with van der Waals surface area (Å²) in [5.74, 6) is 1.23. The van der Waals surface area contributed by atoms with E-state index in [9.17, 15) is 4.79 Å². The topological polar surface area (TPSA) is 63.1 Å². The number of rotatable bonds is 5. The van der Waals surface area contributed by atoms with Crippen molar-refractivity contribution in [2.24, 2.45) is 13.0 Å². The first-order valence-electron chi connectivity index (χ1n) is 10.7. The molecule has 1 N–H and O–H groups in total. The Morgan fingerprint density at radius 2 is 2.10 bits per heavy atom. The molecule has 1 amide bonds. The Bertz CT molecular complexity index is 1060. The van der Waals surface area contributed by atoms with Crippen LogP contribution in [0.3, 0.4) is 0 Å². The number of amides is 1. The Morgan fingerprint density at radius 1 is 1.26 bits per heavy atom. The second-order valence-electron chi connectivity index (χ2n) is 8.38. The number of carbonyl (C=O) groups excluding carboxylic acids is 1. The zero-order valence-corrected chi connectivity index (χ0v) is 18.9. The third kappa shape index (κ3) is 4.74. The summed E-state index contributed by atoms with van der Waals surface area (Å²) in [7, 11) is 1.89. The highest BCUT2D eigenvalue weighted by atomic mass is 35.5. The Labute approximate surface area is 188 Å². The molecule has 1 aliphatic heterocycles. The average molecular weight is 438 g/mol. The highest BCUT2D eigenvalue weighted by Crippen LogP contribution is 2.30. The normalized spacial score (nSPS) is 18.8. The minimum atomic E-state index is 0.0740. The fourth-order valence-electron chi connectivity index (χ4n) is 4.30. The van der Waals surface area contributed by atoms with E-state index in [4.69, 9.17) is 11.6 Å². The minimum Gasteiger partial charge on any atom is -0.368 e. The first kappa shape index (κ1) is 21.4. The zero-order chi connectivity index (χ0) is 22.0. The maximum absolute atomic E-state index is 13.8. The van der Waals surface area contributed by atoms with Gasteiger partial charge in [-0.2, -0.15) is 5.10 Å². The maximum Gasteiger partial charge on any atom is 0.254 e. The van der Waals surface area contributed by atoms with Crippen molar-refractivity contribution in [1.29, 1.82) is 0 Å². The van der Waals surface area contributed by atoms with Gasteiger partial charge in [0.2, 0.25) is 0 Å². The van der Waals surface area contributed by atoms with Gasteiger partial charge in [0.25, 0.3) is 5.91 Å². The molecule has 1 saturated heterocycles. The summed E-state index contributed by atoms with van der Waals surface area (Å²) in [6.45, 7) is 5.65. The number of benzene rings is 1. The molecule has 1 aliphatic rings. The summed E-state index contributed by atoms with van der Waals surface area (Å²) < 4.78 is 1.76. The van der Waals surface area contributed by atoms with Gasteiger partial charge in [-0.1, -0.05) is 36.2 Å². The first-order valence-corrected chi connectivity index (χ1v) is 11.1. The van der Waals surface area contributed by atoms with Gasteiger partial charge in [-0.05, 0) is 49.4 Å². The van der Waals surface area contributed by atoms with Gasteiger partial charge >= 0.3 is 0 Å². The minimum absolute atomic E-state index is 0.0740. The lowest BCUT2D eigenvalue weighted by molar-refractivity contribution is 0.0540. The lowest BCUT2D eigenvalue weighted by Crippen LogP contribution is -2.51. The molecule has 0 radical (unpaired) electrons. The van der Waals surface area contributed by atoms with E-state index in [1.165, 1.54) is 0 Å². The predicted molar refractivity (Wildman–Crippen MR) is 124 cm³/mol. The molecule has 6 nitrogen and oxygen atoms in total. The lowest BCUT2D eigenvalue weighted by atomic mass is 9.89. The van der Waals surface area contributed by atoms with Crippen molar-refractivity contribution >= 4 is 23.3 Å². The molecule has 0 saturated carbocycles. The number of anilines is 1. The van der Waals surface area contributed by atoms with Crippen LogP contribution in [0.2, 0.25) is 5.02 Å². The van der Waals surface area contributed by atoms with Crippen molar-refractivity contribution in [2.75, 3.05) is 18.4 Å². The molecule has 3 heterocycles. The van der Waals surface area contributed by atoms with Gasteiger partial charge in [0.15, 0.2) is 0 Å². The van der Waals surface area contributed by atoms with Crippen LogP contribution in [0.25, 0.3) is 11.1 Å². The largest absolute Gasteiger partial charge is 0.368 e. The van der Waals surface area contributed by atoms with E-state index in [1.807, 2.05) is 61.6 Å². The number of halogens is 1. The van der Waals surface area contributed by atoms with E-state index in [0.29, 0.717) is 17.5 Å². The molecule has 0 aliphatic carbocycles. The summed E-state index contributed by atoms with van der Waals surface area (Å²) in [6, 6.07) is 9.83. The van der Waals surface area contributed by atoms with E-state index in [-0.39, 0.29) is 11.9 Å². The van der Waals surface area contributed by atoms with Crippen LogP contribution in [-0.4, -0.2) is 44.7 Å². The number of carbonyl (C=O) groups is 1. The van der Waals surface area contributed by atoms with Crippen molar-refractivity contribution in [3.05, 3.63) is 65.1 Å². The van der Waals surface area contributed by atoms with Crippen LogP contribution in [0.15, 0.2) is 48.9 Å². The molecular weight excluding hydrogens is 410 g/mol. The first-order chi connectivity index (χ1) is 14.9. The fourth-order valence-corrected chi connectivity index (χ4v) is 4.42. The van der Waals surface area contributed by atoms with Gasteiger partial charge in [-0.25, -0.2) is 4.98 Å². The van der Waals surface area contributed by atoms with Crippen LogP contribution in [0.1, 0.15) is 35.7 Å². The van der Waals surface area contributed by atoms with Crippen molar-refractivity contribution in [2.45, 2.75) is 32.7 Å². The quantitative estimate of drug-likeness (QED) is 0.622. The summed E-state index contributed by atoms with van der Waals surface area (Å²) in [5, 5.41) is 8.29. The van der Waals surface area contributed by atoms with Crippen molar-refractivity contribution in [3.63, 3.8) is 0 Å². The summed E-state index contributed by atoms with van der Waals surface area (Å²) in [6.07, 6.45) is 7.51. The highest BCUT2D eigenvalue weighted by Gasteiger charge is 2.33. The van der Waals surface area contributed by atoms with Crippen molar-refractivity contribution < 1.29 is 4.79 Å². The van der Waals surface area contributed by atoms with Gasteiger partial charge in [-0.3, -0.25) is 9.48 Å². The molecule has 0 bridgehead atoms. The molecule has 3 aromatic rings. The Kier molecular flexibility index (Phi) is 6.28. The molecule has 2 atom stereocenters. The Balaban J connectivity index is 1.61. The maximum atomic E-state index is 13.8. The van der Waals surface area contributed by atoms with E-state index >= 15 is 0 Å². The average Bonchev–Trinajstić information content (AvgIpc) is 3.19. The number of hydrogen-bond donors (Lipinski definition) is 1. The second-order valence-corrected chi connectivity index (χ2v) is 8.82. The van der Waals surface area contributed by atoms with Crippen LogP contribution in [0.4, 0.5) is 5.82 Å². The number of hydrogen-bond acceptors (Lipinski definition) is 4. The summed E-state index contributed by atoms with van der Waals surface area (Å²) in [4.78, 5) is 20.2. The number of nitrogens with one attached hydrogen (secondary N) is 1. The molecule has 31 heavy (non-hydrogen) atoms. The van der Waals surface area contributed by atoms with Gasteiger partial charge < -0.3 is 10.2 Å². The van der Waals surface area contributed by atoms with E-state index in [1.54, 1.807) is 10.9 Å². The fraction of sp³-hybridized carbons (Fsp3) is 0.375. The van der Waals surface area contributed by atoms with Gasteiger partial charge in [0.1, 0.15) is 5.82 Å². The van der Waals surface area contributed by atoms with Crippen molar-refractivity contribution in [1.82, 2.24) is 19.7 Å². The summed E-state index contributed by atoms with van der Waals surface area (Å²) in [5.41, 5.74) is 3.68. The zero-order valence-electron chi connectivity index (χ0n) is 18.2. The predicted octanol–water partition coefficient (Wildman–Crippen LogP) is 4.80. The van der Waals surface area contributed by atoms with Gasteiger partial charge in [0.05, 0.1) is 17.3 Å². The standard InChI is InChI=1S/C24H28ClN5O/c1-16-6-8-20(18-12-28-29(3)15-18)21(11-16)24(31)30-10-4-5-17(2)22(30)14-27-23-9-7-19(25)13-26-23/h6-9,11-13,15,17,22H,4-5,10,14H2,1-3H3,(H,26,27). The van der Waals surface area contributed by atoms with E-state index in [0.717, 1.165) is 47.5 Å². The molecule has 2 aromatic heterocycles. The smallest absolute Gasteiger partial charge is 0.254 e. The molecule has 7 heteroatoms. The third-order valence-corrected chi connectivity index (χ3v) is 6.24. The lowest BCUT2D eigenvalue weighted by Gasteiger charge is -2.40. The molecule has 2 unspecified atom stereocenters. The number of likely N-dealkylation sites (tertiary alicyclic amines) is 1. The Morgan fingerprint density at radius 3 is 2.81 bits per heavy atom. The number of pyridine rings is 1. The SMILES string of the molecule is Cc1ccc(-c2cnn(C)c2)c(C(=O)N2CCCC(C)C2CNc2ccc(Cl)cn2)c1. The number of aryl methyl sites for hydroxylation is 2. The van der Waals surface area contributed by atoms with Crippen LogP contribution in [0.5, 0.6) is 0 Å². The molecule has 0 spiro atoms. The van der Waals surface area contributed by atoms with Crippen LogP contribution < -0.4 is 5.32 Å². The van der Waals surface area contributed by atoms with Gasteiger partial charge in [-0.15, -0.1) is 0 Å². The highest BCUT2D eigenvalue weighted by molar-refractivity contribution is 6.30. The van der Waals surface area contributed by atoms with Gasteiger partial charge in [0, 0.05) is 43.7 Å².